The van der Waals surface area contributed by atoms with Gasteiger partial charge in [-0.25, -0.2) is 9.97 Å². The fraction of sp³-hybridized carbons (Fsp3) is 0. The molecule has 0 fully saturated rings. The SMILES string of the molecule is NC(=O)c1[c]cnc(C(N)=O)n1. The number of carbonyl (C=O) groups excluding carboxylic acids is 2. The van der Waals surface area contributed by atoms with E-state index < -0.39 is 11.8 Å². The molecule has 4 N–H and O–H groups in total. The van der Waals surface area contributed by atoms with E-state index in [1.165, 1.54) is 0 Å². The molecule has 61 valence electrons. The molecule has 0 aliphatic carbocycles. The summed E-state index contributed by atoms with van der Waals surface area (Å²) in [6.07, 6.45) is 1.12. The molecule has 0 saturated heterocycles. The summed E-state index contributed by atoms with van der Waals surface area (Å²) in [5, 5.41) is 0. The van der Waals surface area contributed by atoms with E-state index in [0.717, 1.165) is 6.20 Å². The molecule has 1 radical (unpaired) electrons. The average Bonchev–Trinajstić information content (AvgIpc) is 2.04. The summed E-state index contributed by atoms with van der Waals surface area (Å²) in [6.45, 7) is 0. The van der Waals surface area contributed by atoms with Crippen LogP contribution in [0.3, 0.4) is 0 Å². The lowest BCUT2D eigenvalue weighted by atomic mass is 10.4. The second kappa shape index (κ2) is 2.95. The van der Waals surface area contributed by atoms with Crippen LogP contribution in [0.15, 0.2) is 6.20 Å². The van der Waals surface area contributed by atoms with Gasteiger partial charge in [0.25, 0.3) is 11.8 Å². The molecule has 0 bridgehead atoms. The summed E-state index contributed by atoms with van der Waals surface area (Å²) < 4.78 is 0. The zero-order valence-electron chi connectivity index (χ0n) is 5.94. The van der Waals surface area contributed by atoms with Gasteiger partial charge < -0.3 is 11.5 Å². The molecule has 1 aromatic rings. The number of nitrogens with zero attached hydrogens (tertiary/aromatic N) is 2. The number of amides is 2. The largest absolute Gasteiger partial charge is 0.364 e. The fourth-order valence-electron chi connectivity index (χ4n) is 0.567. The molecule has 12 heavy (non-hydrogen) atoms. The Morgan fingerprint density at radius 3 is 2.50 bits per heavy atom. The highest BCUT2D eigenvalue weighted by Gasteiger charge is 2.07. The molecule has 0 spiro atoms. The third-order valence-corrected chi connectivity index (χ3v) is 1.06. The Kier molecular flexibility index (Phi) is 2.00. The van der Waals surface area contributed by atoms with Gasteiger partial charge in [0.15, 0.2) is 0 Å². The number of rotatable bonds is 2. The van der Waals surface area contributed by atoms with E-state index in [0.29, 0.717) is 0 Å². The first-order chi connectivity index (χ1) is 5.61. The minimum Gasteiger partial charge on any atom is -0.364 e. The lowest BCUT2D eigenvalue weighted by molar-refractivity contribution is 0.0987. The van der Waals surface area contributed by atoms with E-state index in [-0.39, 0.29) is 11.5 Å². The smallest absolute Gasteiger partial charge is 0.286 e. The van der Waals surface area contributed by atoms with Gasteiger partial charge in [0.05, 0.1) is 0 Å². The van der Waals surface area contributed by atoms with Crippen LogP contribution < -0.4 is 11.5 Å². The molecule has 0 aliphatic rings. The van der Waals surface area contributed by atoms with Crippen molar-refractivity contribution in [1.29, 1.82) is 0 Å². The van der Waals surface area contributed by atoms with Crippen molar-refractivity contribution in [1.82, 2.24) is 9.97 Å². The molecule has 0 saturated carbocycles. The van der Waals surface area contributed by atoms with E-state index >= 15 is 0 Å². The number of primary amides is 2. The minimum absolute atomic E-state index is 0.154. The maximum absolute atomic E-state index is 10.5. The maximum Gasteiger partial charge on any atom is 0.286 e. The molecule has 1 aromatic heterocycles. The Morgan fingerprint density at radius 1 is 1.33 bits per heavy atom. The Morgan fingerprint density at radius 2 is 2.00 bits per heavy atom. The third-order valence-electron chi connectivity index (χ3n) is 1.06. The summed E-state index contributed by atoms with van der Waals surface area (Å²) in [6, 6.07) is 2.36. The van der Waals surface area contributed by atoms with Crippen molar-refractivity contribution in [3.8, 4) is 0 Å². The summed E-state index contributed by atoms with van der Waals surface area (Å²) in [5.41, 5.74) is 9.57. The second-order valence-electron chi connectivity index (χ2n) is 1.92. The first-order valence-corrected chi connectivity index (χ1v) is 2.95. The van der Waals surface area contributed by atoms with Crippen molar-refractivity contribution in [2.24, 2.45) is 11.5 Å². The van der Waals surface area contributed by atoms with Crippen LogP contribution in [0.25, 0.3) is 0 Å². The van der Waals surface area contributed by atoms with E-state index in [4.69, 9.17) is 11.5 Å². The Bertz CT molecular complexity index is 307. The molecule has 1 heterocycles. The number of aromatic nitrogens is 2. The molecule has 0 aliphatic heterocycles. The van der Waals surface area contributed by atoms with Gasteiger partial charge in [-0.1, -0.05) is 0 Å². The maximum atomic E-state index is 10.5. The number of hydrogen-bond acceptors (Lipinski definition) is 4. The zero-order valence-corrected chi connectivity index (χ0v) is 5.94. The van der Waals surface area contributed by atoms with Crippen molar-refractivity contribution in [2.45, 2.75) is 0 Å². The van der Waals surface area contributed by atoms with E-state index in [2.05, 4.69) is 16.0 Å². The van der Waals surface area contributed by atoms with E-state index in [9.17, 15) is 9.59 Å². The molecule has 0 atom stereocenters. The van der Waals surface area contributed by atoms with Gasteiger partial charge in [0, 0.05) is 12.3 Å². The standard InChI is InChI=1S/C6H5N4O2/c7-4(11)3-1-2-9-6(10-3)5(8)12/h2H,(H2,7,11)(H2,8,12). The Hall–Kier alpha value is -1.98. The van der Waals surface area contributed by atoms with Gasteiger partial charge in [-0.3, -0.25) is 9.59 Å². The van der Waals surface area contributed by atoms with Crippen LogP contribution in [-0.4, -0.2) is 21.8 Å². The number of nitrogens with two attached hydrogens (primary N) is 2. The van der Waals surface area contributed by atoms with Crippen LogP contribution in [0.4, 0.5) is 0 Å². The van der Waals surface area contributed by atoms with Crippen molar-refractivity contribution < 1.29 is 9.59 Å². The van der Waals surface area contributed by atoms with Crippen LogP contribution in [0, 0.1) is 6.07 Å². The number of hydrogen-bond donors (Lipinski definition) is 2. The zero-order chi connectivity index (χ0) is 9.14. The summed E-state index contributed by atoms with van der Waals surface area (Å²) >= 11 is 0. The molecule has 6 nitrogen and oxygen atoms in total. The molecule has 0 aromatic carbocycles. The van der Waals surface area contributed by atoms with E-state index in [1.807, 2.05) is 0 Å². The van der Waals surface area contributed by atoms with Gasteiger partial charge in [-0.05, 0) is 0 Å². The van der Waals surface area contributed by atoms with Crippen molar-refractivity contribution in [2.75, 3.05) is 0 Å². The highest BCUT2D eigenvalue weighted by molar-refractivity contribution is 5.93. The van der Waals surface area contributed by atoms with Crippen LogP contribution >= 0.6 is 0 Å². The monoisotopic (exact) mass is 165 g/mol. The first-order valence-electron chi connectivity index (χ1n) is 2.95. The quantitative estimate of drug-likeness (QED) is 0.553. The van der Waals surface area contributed by atoms with Crippen LogP contribution in [0.2, 0.25) is 0 Å². The first kappa shape index (κ1) is 8.12. The molecule has 1 rings (SSSR count). The highest BCUT2D eigenvalue weighted by atomic mass is 16.2. The second-order valence-corrected chi connectivity index (χ2v) is 1.92. The predicted molar refractivity (Wildman–Crippen MR) is 37.9 cm³/mol. The van der Waals surface area contributed by atoms with Gasteiger partial charge in [-0.15, -0.1) is 0 Å². The summed E-state index contributed by atoms with van der Waals surface area (Å²) in [7, 11) is 0. The van der Waals surface area contributed by atoms with Gasteiger partial charge in [0.1, 0.15) is 5.69 Å². The summed E-state index contributed by atoms with van der Waals surface area (Å²) in [4.78, 5) is 28.0. The third kappa shape index (κ3) is 1.54. The van der Waals surface area contributed by atoms with Gasteiger partial charge >= 0.3 is 0 Å². The van der Waals surface area contributed by atoms with Crippen LogP contribution in [-0.2, 0) is 0 Å². The molecule has 6 heteroatoms. The highest BCUT2D eigenvalue weighted by Crippen LogP contribution is 1.92. The molecular formula is C6H5N4O2. The van der Waals surface area contributed by atoms with Gasteiger partial charge in [-0.2, -0.15) is 0 Å². The van der Waals surface area contributed by atoms with Crippen molar-refractivity contribution >= 4 is 11.8 Å². The van der Waals surface area contributed by atoms with Gasteiger partial charge in [0.2, 0.25) is 5.82 Å². The lowest BCUT2D eigenvalue weighted by Crippen LogP contribution is -2.20. The van der Waals surface area contributed by atoms with Crippen molar-refractivity contribution in [3.05, 3.63) is 23.8 Å². The van der Waals surface area contributed by atoms with Crippen LogP contribution in [0.5, 0.6) is 0 Å². The average molecular weight is 165 g/mol. The lowest BCUT2D eigenvalue weighted by Gasteiger charge is -1.94. The topological polar surface area (TPSA) is 112 Å². The Labute approximate surface area is 67.6 Å². The Balaban J connectivity index is 3.12. The summed E-state index contributed by atoms with van der Waals surface area (Å²) in [5.74, 6) is -1.84. The van der Waals surface area contributed by atoms with E-state index in [1.54, 1.807) is 0 Å². The van der Waals surface area contributed by atoms with Crippen LogP contribution in [0.1, 0.15) is 21.1 Å². The normalized spacial score (nSPS) is 9.33. The predicted octanol–water partition coefficient (Wildman–Crippen LogP) is -1.53. The number of carbonyl (C=O) groups is 2. The van der Waals surface area contributed by atoms with Crippen molar-refractivity contribution in [3.63, 3.8) is 0 Å². The minimum atomic E-state index is -0.813. The fourth-order valence-corrected chi connectivity index (χ4v) is 0.567. The molecular weight excluding hydrogens is 160 g/mol. The molecule has 0 unspecified atom stereocenters. The molecule has 2 amide bonds.